The Kier molecular flexibility index (Phi) is 1.41. The van der Waals surface area contributed by atoms with Gasteiger partial charge < -0.3 is 14.2 Å². The van der Waals surface area contributed by atoms with Crippen LogP contribution in [0.2, 0.25) is 0 Å². The van der Waals surface area contributed by atoms with Gasteiger partial charge in [0, 0.05) is 0 Å². The first kappa shape index (κ1) is 5.65. The molecule has 3 nitrogen and oxygen atoms in total. The molecule has 0 N–H and O–H groups in total. The summed E-state index contributed by atoms with van der Waals surface area (Å²) in [5, 5.41) is 0. The molecule has 0 aromatic rings. The van der Waals surface area contributed by atoms with Crippen LogP contribution >= 0.6 is 0 Å². The fourth-order valence-electron chi connectivity index (χ4n) is 1.00. The molecule has 1 radical (unpaired) electrons. The van der Waals surface area contributed by atoms with Gasteiger partial charge in [-0.1, -0.05) is 0 Å². The van der Waals surface area contributed by atoms with Gasteiger partial charge >= 0.3 is 0 Å². The maximum atomic E-state index is 5.32. The summed E-state index contributed by atoms with van der Waals surface area (Å²) >= 11 is 0. The third-order valence-corrected chi connectivity index (χ3v) is 1.52. The molecule has 0 aromatic heterocycles. The van der Waals surface area contributed by atoms with Gasteiger partial charge in [-0.2, -0.15) is 0 Å². The van der Waals surface area contributed by atoms with Crippen molar-refractivity contribution in [3.05, 3.63) is 6.61 Å². The molecule has 3 rings (SSSR count). The van der Waals surface area contributed by atoms with Gasteiger partial charge in [0.25, 0.3) is 0 Å². The van der Waals surface area contributed by atoms with Gasteiger partial charge in [0.15, 0.2) is 0 Å². The third kappa shape index (κ3) is 1.08. The third-order valence-electron chi connectivity index (χ3n) is 1.52. The fraction of sp³-hybridized carbons (Fsp3) is 0.833. The molecule has 3 saturated heterocycles. The molecule has 0 amide bonds. The molecule has 2 unspecified atom stereocenters. The Morgan fingerprint density at radius 2 is 2.11 bits per heavy atom. The first-order valence-electron chi connectivity index (χ1n) is 3.13. The fourth-order valence-corrected chi connectivity index (χ4v) is 1.00. The predicted octanol–water partition coefficient (Wildman–Crippen LogP) is -0.0376. The zero-order valence-corrected chi connectivity index (χ0v) is 5.08. The van der Waals surface area contributed by atoms with Crippen LogP contribution < -0.4 is 0 Å². The van der Waals surface area contributed by atoms with E-state index in [0.717, 1.165) is 0 Å². The second kappa shape index (κ2) is 2.25. The van der Waals surface area contributed by atoms with Crippen molar-refractivity contribution >= 4 is 0 Å². The van der Waals surface area contributed by atoms with Gasteiger partial charge in [0.2, 0.25) is 0 Å². The van der Waals surface area contributed by atoms with E-state index in [-0.39, 0.29) is 12.2 Å². The van der Waals surface area contributed by atoms with E-state index in [9.17, 15) is 0 Å². The number of hydrogen-bond donors (Lipinski definition) is 0. The number of rotatable bonds is 0. The molecule has 0 aliphatic carbocycles. The first-order valence-corrected chi connectivity index (χ1v) is 3.13. The summed E-state index contributed by atoms with van der Waals surface area (Å²) < 4.78 is 15.7. The van der Waals surface area contributed by atoms with Crippen LogP contribution in [0.25, 0.3) is 0 Å². The molecule has 3 fully saturated rings. The molecule has 3 aliphatic rings. The normalized spacial score (nSPS) is 42.7. The SMILES string of the molecule is [CH]1OCC2COC1CO2. The van der Waals surface area contributed by atoms with Gasteiger partial charge in [-0.05, 0) is 0 Å². The molecule has 2 atom stereocenters. The van der Waals surface area contributed by atoms with Crippen LogP contribution in [0.15, 0.2) is 0 Å². The smallest absolute Gasteiger partial charge is 0.115 e. The average molecular weight is 129 g/mol. The van der Waals surface area contributed by atoms with Crippen molar-refractivity contribution in [3.8, 4) is 0 Å². The summed E-state index contributed by atoms with van der Waals surface area (Å²) in [5.41, 5.74) is 0. The first-order chi connectivity index (χ1) is 4.45. The molecule has 0 aromatic carbocycles. The highest BCUT2D eigenvalue weighted by atomic mass is 16.6. The van der Waals surface area contributed by atoms with Crippen molar-refractivity contribution in [2.45, 2.75) is 12.2 Å². The molecule has 2 bridgehead atoms. The lowest BCUT2D eigenvalue weighted by molar-refractivity contribution is -0.107. The van der Waals surface area contributed by atoms with Crippen LogP contribution in [0.4, 0.5) is 0 Å². The van der Waals surface area contributed by atoms with Gasteiger partial charge in [-0.3, -0.25) is 0 Å². The Balaban J connectivity index is 2.03. The maximum Gasteiger partial charge on any atom is 0.115 e. The van der Waals surface area contributed by atoms with Gasteiger partial charge in [-0.15, -0.1) is 0 Å². The van der Waals surface area contributed by atoms with E-state index in [2.05, 4.69) is 0 Å². The Morgan fingerprint density at radius 3 is 2.89 bits per heavy atom. The molecule has 3 heterocycles. The molecule has 0 spiro atoms. The van der Waals surface area contributed by atoms with Crippen molar-refractivity contribution in [2.75, 3.05) is 19.8 Å². The van der Waals surface area contributed by atoms with Gasteiger partial charge in [-0.25, -0.2) is 0 Å². The topological polar surface area (TPSA) is 27.7 Å². The van der Waals surface area contributed by atoms with Gasteiger partial charge in [0.1, 0.15) is 18.8 Å². The summed E-state index contributed by atoms with van der Waals surface area (Å²) in [4.78, 5) is 0. The Morgan fingerprint density at radius 1 is 1.11 bits per heavy atom. The highest BCUT2D eigenvalue weighted by Gasteiger charge is 2.26. The molecular weight excluding hydrogens is 120 g/mol. The summed E-state index contributed by atoms with van der Waals surface area (Å²) in [6, 6.07) is 0. The quantitative estimate of drug-likeness (QED) is 0.459. The minimum atomic E-state index is 0.0729. The van der Waals surface area contributed by atoms with E-state index in [1.54, 1.807) is 6.61 Å². The van der Waals surface area contributed by atoms with E-state index in [1.165, 1.54) is 0 Å². The standard InChI is InChI=1S/C6H9O3/c1-5-3-9-6(2-7-1)4-8-5/h1,5-6H,2-4H2. The van der Waals surface area contributed by atoms with E-state index in [1.807, 2.05) is 0 Å². The van der Waals surface area contributed by atoms with Crippen LogP contribution in [-0.4, -0.2) is 32.0 Å². The zero-order valence-electron chi connectivity index (χ0n) is 5.08. The van der Waals surface area contributed by atoms with Crippen LogP contribution in [0.1, 0.15) is 0 Å². The predicted molar refractivity (Wildman–Crippen MR) is 29.7 cm³/mol. The summed E-state index contributed by atoms with van der Waals surface area (Å²) in [6.07, 6.45) is 0.240. The summed E-state index contributed by atoms with van der Waals surface area (Å²) in [5.74, 6) is 0. The lowest BCUT2D eigenvalue weighted by Gasteiger charge is -2.22. The number of hydrogen-bond acceptors (Lipinski definition) is 3. The van der Waals surface area contributed by atoms with E-state index >= 15 is 0 Å². The molecule has 51 valence electrons. The van der Waals surface area contributed by atoms with Crippen LogP contribution in [-0.2, 0) is 14.2 Å². The summed E-state index contributed by atoms with van der Waals surface area (Å²) in [6.45, 7) is 3.70. The molecule has 9 heavy (non-hydrogen) atoms. The minimum absolute atomic E-state index is 0.0729. The van der Waals surface area contributed by atoms with E-state index in [0.29, 0.717) is 19.8 Å². The van der Waals surface area contributed by atoms with Crippen molar-refractivity contribution in [3.63, 3.8) is 0 Å². The maximum absolute atomic E-state index is 5.32. The molecule has 3 aliphatic heterocycles. The van der Waals surface area contributed by atoms with E-state index in [4.69, 9.17) is 14.2 Å². The van der Waals surface area contributed by atoms with Crippen LogP contribution in [0, 0.1) is 6.61 Å². The lowest BCUT2D eigenvalue weighted by atomic mass is 10.3. The van der Waals surface area contributed by atoms with Gasteiger partial charge in [0.05, 0.1) is 19.8 Å². The zero-order chi connectivity index (χ0) is 6.10. The molecular formula is C6H9O3. The summed E-state index contributed by atoms with van der Waals surface area (Å²) in [7, 11) is 0. The van der Waals surface area contributed by atoms with Crippen molar-refractivity contribution in [2.24, 2.45) is 0 Å². The van der Waals surface area contributed by atoms with Crippen LogP contribution in [0.3, 0.4) is 0 Å². The second-order valence-electron chi connectivity index (χ2n) is 2.30. The van der Waals surface area contributed by atoms with E-state index < -0.39 is 0 Å². The largest absolute Gasteiger partial charge is 0.371 e. The highest BCUT2D eigenvalue weighted by Crippen LogP contribution is 2.15. The number of fused-ring (bicyclic) bond motifs is 4. The molecule has 0 saturated carbocycles. The Bertz CT molecular complexity index is 79.0. The molecule has 3 heteroatoms. The lowest BCUT2D eigenvalue weighted by Crippen LogP contribution is -2.33. The monoisotopic (exact) mass is 129 g/mol. The average Bonchev–Trinajstić information content (AvgIpc) is 2.21. The highest BCUT2D eigenvalue weighted by molar-refractivity contribution is 4.78. The number of ether oxygens (including phenoxy) is 3. The van der Waals surface area contributed by atoms with Crippen molar-refractivity contribution < 1.29 is 14.2 Å². The van der Waals surface area contributed by atoms with Crippen molar-refractivity contribution in [1.29, 1.82) is 0 Å². The minimum Gasteiger partial charge on any atom is -0.371 e. The second-order valence-corrected chi connectivity index (χ2v) is 2.30. The van der Waals surface area contributed by atoms with Crippen molar-refractivity contribution in [1.82, 2.24) is 0 Å². The van der Waals surface area contributed by atoms with Crippen LogP contribution in [0.5, 0.6) is 0 Å². The Hall–Kier alpha value is -0.120. The Labute approximate surface area is 53.9 Å².